The van der Waals surface area contributed by atoms with Gasteiger partial charge in [-0.15, -0.1) is 0 Å². The lowest BCUT2D eigenvalue weighted by Crippen LogP contribution is -2.29. The Hall–Kier alpha value is -0.790. The Morgan fingerprint density at radius 3 is 1.43 bits per heavy atom. The highest BCUT2D eigenvalue weighted by Crippen LogP contribution is 2.19. The van der Waals surface area contributed by atoms with Gasteiger partial charge in [0.2, 0.25) is 0 Å². The molecule has 7 heteroatoms. The molecule has 0 bridgehead atoms. The van der Waals surface area contributed by atoms with Crippen LogP contribution in [0, 0.1) is 0 Å². The van der Waals surface area contributed by atoms with Crippen molar-refractivity contribution in [3.05, 3.63) is 0 Å². The van der Waals surface area contributed by atoms with Crippen molar-refractivity contribution in [2.75, 3.05) is 38.6 Å². The topological polar surface area (TPSA) is 76.1 Å². The molecule has 1 unspecified atom stereocenters. The number of ether oxygens (including phenoxy) is 2. The van der Waals surface area contributed by atoms with Gasteiger partial charge in [-0.1, -0.05) is 187 Å². The third-order valence-electron chi connectivity index (χ3n) is 10.6. The van der Waals surface area contributed by atoms with E-state index in [-0.39, 0.29) is 12.7 Å². The lowest BCUT2D eigenvalue weighted by Gasteiger charge is -2.21. The van der Waals surface area contributed by atoms with E-state index in [2.05, 4.69) is 25.7 Å². The molecule has 1 atom stereocenters. The van der Waals surface area contributed by atoms with Crippen molar-refractivity contribution >= 4 is 23.0 Å². The molecular weight excluding hydrogens is 679 g/mol. The first-order valence-corrected chi connectivity index (χ1v) is 24.4. The Labute approximate surface area is 334 Å². The van der Waals surface area contributed by atoms with E-state index in [0.29, 0.717) is 11.7 Å². The fourth-order valence-electron chi connectivity index (χ4n) is 7.14. The van der Waals surface area contributed by atoms with Crippen LogP contribution in [0.3, 0.4) is 0 Å². The van der Waals surface area contributed by atoms with Gasteiger partial charge in [0, 0.05) is 18.7 Å². The van der Waals surface area contributed by atoms with Gasteiger partial charge < -0.3 is 19.5 Å². The van der Waals surface area contributed by atoms with Gasteiger partial charge in [0.15, 0.2) is 5.12 Å². The summed E-state index contributed by atoms with van der Waals surface area (Å²) in [5.74, 6) is 0.987. The maximum absolute atomic E-state index is 12.5. The van der Waals surface area contributed by atoms with Crippen molar-refractivity contribution in [1.82, 2.24) is 4.90 Å². The highest BCUT2D eigenvalue weighted by Gasteiger charge is 2.15. The maximum Gasteiger partial charge on any atom is 0.508 e. The van der Waals surface area contributed by atoms with Crippen LogP contribution in [-0.2, 0) is 14.3 Å². The van der Waals surface area contributed by atoms with Crippen LogP contribution in [0.1, 0.15) is 239 Å². The second-order valence-corrected chi connectivity index (χ2v) is 17.0. The number of carbonyl (C=O) groups is 2. The van der Waals surface area contributed by atoms with Gasteiger partial charge in [0.1, 0.15) is 6.10 Å². The van der Waals surface area contributed by atoms with E-state index in [0.717, 1.165) is 83.2 Å². The van der Waals surface area contributed by atoms with Crippen LogP contribution in [0.15, 0.2) is 0 Å². The van der Waals surface area contributed by atoms with Crippen molar-refractivity contribution in [2.45, 2.75) is 245 Å². The van der Waals surface area contributed by atoms with Crippen LogP contribution in [0.4, 0.5) is 4.79 Å². The monoisotopic (exact) mass is 770 g/mol. The minimum Gasteiger partial charge on any atom is -0.434 e. The lowest BCUT2D eigenvalue weighted by molar-refractivity contribution is -0.111. The second kappa shape index (κ2) is 43.9. The number of carbonyl (C=O) groups excluding carboxylic acids is 2. The number of nitrogens with zero attached hydrogens (tertiary/aromatic N) is 1. The molecule has 0 aliphatic carbocycles. The molecule has 1 N–H and O–H groups in total. The molecule has 6 nitrogen and oxygen atoms in total. The number of hydrogen-bond donors (Lipinski definition) is 1. The van der Waals surface area contributed by atoms with E-state index in [1.165, 1.54) is 161 Å². The van der Waals surface area contributed by atoms with Crippen LogP contribution in [0.2, 0.25) is 0 Å². The molecule has 0 saturated heterocycles. The third kappa shape index (κ3) is 40.7. The molecule has 0 aromatic carbocycles. The summed E-state index contributed by atoms with van der Waals surface area (Å²) in [6, 6.07) is 0. The van der Waals surface area contributed by atoms with E-state index in [1.807, 2.05) is 0 Å². The van der Waals surface area contributed by atoms with Crippen LogP contribution in [-0.4, -0.2) is 66.0 Å². The molecule has 53 heavy (non-hydrogen) atoms. The Balaban J connectivity index is 3.84. The molecule has 0 rings (SSSR count). The molecule has 0 saturated carbocycles. The highest BCUT2D eigenvalue weighted by molar-refractivity contribution is 8.13. The summed E-state index contributed by atoms with van der Waals surface area (Å²) < 4.78 is 11.3. The summed E-state index contributed by atoms with van der Waals surface area (Å²) in [5.41, 5.74) is 0. The van der Waals surface area contributed by atoms with Gasteiger partial charge in [-0.2, -0.15) is 0 Å². The fourth-order valence-corrected chi connectivity index (χ4v) is 8.01. The van der Waals surface area contributed by atoms with Gasteiger partial charge in [-0.25, -0.2) is 4.79 Å². The highest BCUT2D eigenvalue weighted by atomic mass is 32.2. The molecule has 0 aliphatic rings. The molecular formula is C46H91NO5S. The summed E-state index contributed by atoms with van der Waals surface area (Å²) >= 11 is 1.56. The van der Waals surface area contributed by atoms with E-state index >= 15 is 0 Å². The van der Waals surface area contributed by atoms with Crippen molar-refractivity contribution in [2.24, 2.45) is 0 Å². The van der Waals surface area contributed by atoms with E-state index in [1.54, 1.807) is 11.8 Å². The van der Waals surface area contributed by atoms with E-state index < -0.39 is 6.16 Å². The smallest absolute Gasteiger partial charge is 0.434 e. The number of thioether (sulfide) groups is 1. The van der Waals surface area contributed by atoms with Crippen molar-refractivity contribution < 1.29 is 24.2 Å². The number of hydrogen-bond acceptors (Lipinski definition) is 7. The SMILES string of the molecule is CCCCCCCCCCCC(CCCCCC)OC(=O)OCCCCCCCCN(CCO)CCCCCCCCSC(=O)CCCCCCCC. The van der Waals surface area contributed by atoms with E-state index in [4.69, 9.17) is 9.47 Å². The zero-order valence-corrected chi connectivity index (χ0v) is 36.6. The minimum absolute atomic E-state index is 0.00617. The Morgan fingerprint density at radius 2 is 0.925 bits per heavy atom. The van der Waals surface area contributed by atoms with Gasteiger partial charge in [-0.3, -0.25) is 4.79 Å². The summed E-state index contributed by atoms with van der Waals surface area (Å²) in [6.07, 6.45) is 40.4. The fraction of sp³-hybridized carbons (Fsp3) is 0.957. The van der Waals surface area contributed by atoms with Crippen LogP contribution >= 0.6 is 11.8 Å². The largest absolute Gasteiger partial charge is 0.508 e. The first-order valence-electron chi connectivity index (χ1n) is 23.4. The van der Waals surface area contributed by atoms with Crippen LogP contribution < -0.4 is 0 Å². The number of aliphatic hydroxyl groups excluding tert-OH is 1. The van der Waals surface area contributed by atoms with E-state index in [9.17, 15) is 14.7 Å². The average Bonchev–Trinajstić information content (AvgIpc) is 3.15. The summed E-state index contributed by atoms with van der Waals surface area (Å²) in [7, 11) is 0. The zero-order chi connectivity index (χ0) is 38.7. The van der Waals surface area contributed by atoms with Gasteiger partial charge in [-0.05, 0) is 70.9 Å². The predicted molar refractivity (Wildman–Crippen MR) is 231 cm³/mol. The Morgan fingerprint density at radius 1 is 0.509 bits per heavy atom. The second-order valence-electron chi connectivity index (χ2n) is 15.9. The Kier molecular flexibility index (Phi) is 43.3. The van der Waals surface area contributed by atoms with Gasteiger partial charge in [0.25, 0.3) is 0 Å². The predicted octanol–water partition coefficient (Wildman–Crippen LogP) is 14.4. The number of aliphatic hydroxyl groups is 1. The summed E-state index contributed by atoms with van der Waals surface area (Å²) in [5, 5.41) is 9.93. The number of rotatable bonds is 43. The zero-order valence-electron chi connectivity index (χ0n) is 35.8. The quantitative estimate of drug-likeness (QED) is 0.0489. The average molecular weight is 770 g/mol. The molecule has 0 radical (unpaired) electrons. The maximum atomic E-state index is 12.5. The molecule has 0 spiro atoms. The normalized spacial score (nSPS) is 12.1. The van der Waals surface area contributed by atoms with Crippen LogP contribution in [0.5, 0.6) is 0 Å². The number of unbranched alkanes of at least 4 members (excludes halogenated alkanes) is 26. The van der Waals surface area contributed by atoms with Gasteiger partial charge in [0.05, 0.1) is 13.2 Å². The first-order chi connectivity index (χ1) is 26.1. The van der Waals surface area contributed by atoms with Crippen molar-refractivity contribution in [1.29, 1.82) is 0 Å². The summed E-state index contributed by atoms with van der Waals surface area (Å²) in [4.78, 5) is 26.9. The standard InChI is InChI=1S/C46H91NO5S/c1-4-7-10-13-15-16-17-22-29-36-44(35-28-12-9-6-3)52-46(50)51-42-33-26-20-18-24-31-38-47(40-41-48)39-32-25-19-21-27-34-43-53-45(49)37-30-23-14-11-8-5-2/h44,48H,4-43H2,1-3H3. The molecule has 0 fully saturated rings. The van der Waals surface area contributed by atoms with Crippen LogP contribution in [0.25, 0.3) is 0 Å². The van der Waals surface area contributed by atoms with Crippen molar-refractivity contribution in [3.63, 3.8) is 0 Å². The molecule has 0 aromatic rings. The molecule has 0 aliphatic heterocycles. The molecule has 0 aromatic heterocycles. The summed E-state index contributed by atoms with van der Waals surface area (Å²) in [6.45, 7) is 10.4. The molecule has 0 heterocycles. The lowest BCUT2D eigenvalue weighted by atomic mass is 10.0. The van der Waals surface area contributed by atoms with Gasteiger partial charge >= 0.3 is 6.16 Å². The first kappa shape index (κ1) is 52.2. The molecule has 316 valence electrons. The molecule has 0 amide bonds. The minimum atomic E-state index is -0.466. The third-order valence-corrected chi connectivity index (χ3v) is 11.7. The Bertz CT molecular complexity index is 753. The van der Waals surface area contributed by atoms with Crippen molar-refractivity contribution in [3.8, 4) is 0 Å².